The number of nitrogen functional groups attached to an aromatic ring is 1. The van der Waals surface area contributed by atoms with E-state index in [1.807, 2.05) is 76.4 Å². The molecule has 4 aliphatic rings. The summed E-state index contributed by atoms with van der Waals surface area (Å²) in [6.07, 6.45) is 21.4. The molecule has 10 rings (SSSR count). The van der Waals surface area contributed by atoms with E-state index in [9.17, 15) is 44.1 Å². The van der Waals surface area contributed by atoms with Gasteiger partial charge in [0, 0.05) is 94.1 Å². The number of H-pyrrole nitrogens is 1. The number of piperidine rings is 1. The lowest BCUT2D eigenvalue weighted by Gasteiger charge is -2.42. The fourth-order valence-electron chi connectivity index (χ4n) is 17.4. The number of ketones is 3. The Morgan fingerprint density at radius 1 is 0.738 bits per heavy atom. The number of aryl methyl sites for hydroxylation is 2. The first-order valence-electron chi connectivity index (χ1n) is 46.6. The highest BCUT2D eigenvalue weighted by molar-refractivity contribution is 6.39. The first-order chi connectivity index (χ1) is 62.9. The number of rotatable bonds is 45. The predicted octanol–water partition coefficient (Wildman–Crippen LogP) is 10.9. The van der Waals surface area contributed by atoms with Crippen molar-refractivity contribution in [2.75, 3.05) is 145 Å². The van der Waals surface area contributed by atoms with E-state index in [4.69, 9.17) is 76.8 Å². The first kappa shape index (κ1) is 103. The van der Waals surface area contributed by atoms with Gasteiger partial charge in [0.25, 0.3) is 11.7 Å². The smallest absolute Gasteiger partial charge is 0.329 e. The van der Waals surface area contributed by atoms with Gasteiger partial charge in [0.05, 0.1) is 154 Å². The summed E-state index contributed by atoms with van der Waals surface area (Å²) in [4.78, 5) is 98.4. The van der Waals surface area contributed by atoms with Crippen molar-refractivity contribution >= 4 is 62.9 Å². The van der Waals surface area contributed by atoms with Crippen LogP contribution in [0, 0.1) is 35.5 Å². The molecule has 130 heavy (non-hydrogen) atoms. The number of nitrogens with one attached hydrogen (secondary N) is 2. The number of nitrogens with two attached hydrogens (primary N) is 1. The number of phenols is 1. The average molecular weight is 1820 g/mol. The van der Waals surface area contributed by atoms with E-state index >= 15 is 0 Å². The highest BCUT2D eigenvalue weighted by Crippen LogP contribution is 2.42. The Balaban J connectivity index is 0.550. The summed E-state index contributed by atoms with van der Waals surface area (Å²) in [6.45, 7) is 21.6. The summed E-state index contributed by atoms with van der Waals surface area (Å²) in [5, 5.41) is 51.9. The number of ether oxygens (including phenoxy) is 13. The lowest BCUT2D eigenvalue weighted by Crippen LogP contribution is -2.60. The number of benzene rings is 1. The topological polar surface area (TPSA) is 428 Å². The lowest BCUT2D eigenvalue weighted by molar-refractivity contribution is -0.264. The number of unbranched alkanes of at least 4 members (excludes halogenated alkanes) is 2. The van der Waals surface area contributed by atoms with Crippen molar-refractivity contribution in [3.8, 4) is 17.1 Å². The third kappa shape index (κ3) is 31.7. The number of allylic oxidation sites excluding steroid dienone is 7. The Hall–Kier alpha value is -8.85. The number of methoxy groups -OCH3 is 2. The molecule has 3 aliphatic heterocycles. The number of aromatic hydroxyl groups is 1. The standard InChI is InChI=1S/C96H141N11O23/c1-64-20-11-10-12-21-65(2)76(81-24-19-37-127-81)60-75-28-25-70(7)96(116,130-75)91(113)94(114)106-33-16-13-23-79(106)95(115)129-83(61-80(109)66(3)55-69(6)89(112)90(118-9)88(111)68(5)54-64)67(4)56-71-26-30-82(84(57-71)117-8)128-36-18-14-22-73-62-105(104-102-73)35-39-120-41-43-122-45-47-124-49-51-126-53-52-125-50-48-123-46-44-121-42-40-119-38-31-85(110)98-32-15-17-34-107-93-86(92(97)99-63-100-93)87(103-107)78-59-72-58-74(108)27-29-77(72)101-78/h10-12,19-21,24,27,29,37,55,58-59,62-64,66-68,70-71,75-76,79,82-84,89-90,101,108,112,116H,13-18,22-23,25-26,28,30-36,38-54,56-57,60-61H2,1-9H3,(H,98,110)(H2,97,99,100)/b12-10+,20-11+,65-21+,69-55+/t64-,66-,67-,68-,70-,71+,75+,76+,79+,82-,83+,84-,89-,90+,96-/m1/s1. The number of hydrogen-bond acceptors (Lipinski definition) is 29. The summed E-state index contributed by atoms with van der Waals surface area (Å²) < 4.78 is 85.6. The number of hydrogen-bond donors (Lipinski definition) is 6. The number of carbonyl (C=O) groups excluding carboxylic acids is 6. The molecule has 1 saturated carbocycles. The zero-order valence-electron chi connectivity index (χ0n) is 77.5. The van der Waals surface area contributed by atoms with Crippen LogP contribution in [0.1, 0.15) is 175 Å². The molecule has 34 heteroatoms. The molecule has 1 aliphatic carbocycles. The van der Waals surface area contributed by atoms with Crippen molar-refractivity contribution in [3.05, 3.63) is 114 Å². The van der Waals surface area contributed by atoms with Crippen LogP contribution in [0.4, 0.5) is 5.82 Å². The van der Waals surface area contributed by atoms with Crippen molar-refractivity contribution < 1.29 is 110 Å². The van der Waals surface area contributed by atoms with Crippen LogP contribution in [0.2, 0.25) is 0 Å². The minimum Gasteiger partial charge on any atom is -0.508 e. The van der Waals surface area contributed by atoms with Crippen molar-refractivity contribution in [1.29, 1.82) is 0 Å². The summed E-state index contributed by atoms with van der Waals surface area (Å²) in [5.74, 6) is -7.48. The van der Waals surface area contributed by atoms with Crippen LogP contribution < -0.4 is 11.1 Å². The van der Waals surface area contributed by atoms with E-state index in [1.54, 1.807) is 73.8 Å². The summed E-state index contributed by atoms with van der Waals surface area (Å²) in [7, 11) is 3.07. The number of aromatic nitrogens is 8. The van der Waals surface area contributed by atoms with Gasteiger partial charge in [-0.1, -0.05) is 81.9 Å². The number of aromatic amines is 1. The number of esters is 1. The molecule has 0 spiro atoms. The molecule has 34 nitrogen and oxygen atoms in total. The molecule has 0 radical (unpaired) electrons. The highest BCUT2D eigenvalue weighted by atomic mass is 16.6. The van der Waals surface area contributed by atoms with Crippen LogP contribution in [0.5, 0.6) is 5.75 Å². The van der Waals surface area contributed by atoms with Gasteiger partial charge in [0.15, 0.2) is 11.4 Å². The number of nitrogens with zero attached hydrogens (tertiary/aromatic N) is 8. The monoisotopic (exact) mass is 1820 g/mol. The van der Waals surface area contributed by atoms with Crippen molar-refractivity contribution in [1.82, 2.24) is 49.9 Å². The van der Waals surface area contributed by atoms with Crippen molar-refractivity contribution in [3.63, 3.8) is 0 Å². The van der Waals surface area contributed by atoms with Crippen LogP contribution in [0.3, 0.4) is 0 Å². The third-order valence-electron chi connectivity index (χ3n) is 24.9. The molecule has 0 unspecified atom stereocenters. The number of fused-ring (bicyclic) bond motifs is 5. The maximum absolute atomic E-state index is 14.9. The fourth-order valence-corrected chi connectivity index (χ4v) is 17.4. The molecule has 1 aromatic carbocycles. The van der Waals surface area contributed by atoms with E-state index in [1.165, 1.54) is 18.3 Å². The van der Waals surface area contributed by atoms with Gasteiger partial charge in [-0.25, -0.2) is 24.1 Å². The number of amides is 2. The van der Waals surface area contributed by atoms with Crippen LogP contribution >= 0.6 is 0 Å². The van der Waals surface area contributed by atoms with Gasteiger partial charge in [0.1, 0.15) is 59.5 Å². The Labute approximate surface area is 763 Å². The minimum absolute atomic E-state index is 0.0151. The van der Waals surface area contributed by atoms with Gasteiger partial charge >= 0.3 is 5.97 Å². The average Bonchev–Trinajstić information content (AvgIpc) is 1.12. The molecule has 5 aromatic heterocycles. The van der Waals surface area contributed by atoms with Crippen LogP contribution in [0.15, 0.2) is 107 Å². The molecule has 2 amide bonds. The largest absolute Gasteiger partial charge is 0.508 e. The molecule has 3 fully saturated rings. The molecule has 2 bridgehead atoms. The zero-order chi connectivity index (χ0) is 92.7. The number of Topliss-reactive ketones (excluding diaryl/α,β-unsaturated/α-hetero) is 3. The second-order valence-corrected chi connectivity index (χ2v) is 34.9. The fraction of sp³-hybridized carbons (Fsp3) is 0.656. The van der Waals surface area contributed by atoms with E-state index in [2.05, 4.69) is 30.6 Å². The number of aliphatic hydroxyl groups is 2. The van der Waals surface area contributed by atoms with Gasteiger partial charge in [-0.3, -0.25) is 24.0 Å². The van der Waals surface area contributed by atoms with Gasteiger partial charge in [-0.2, -0.15) is 5.10 Å². The summed E-state index contributed by atoms with van der Waals surface area (Å²) in [5.41, 5.74) is 11.3. The normalized spacial score (nSPS) is 26.2. The number of carbonyl (C=O) groups is 6. The predicted molar refractivity (Wildman–Crippen MR) is 485 cm³/mol. The number of phenolic OH excluding ortho intramolecular Hbond substituents is 1. The maximum Gasteiger partial charge on any atom is 0.329 e. The van der Waals surface area contributed by atoms with Crippen LogP contribution in [-0.4, -0.2) is 283 Å². The Bertz CT molecular complexity index is 4580. The Kier molecular flexibility index (Phi) is 43.2. The van der Waals surface area contributed by atoms with Gasteiger partial charge in [-0.05, 0) is 176 Å². The zero-order valence-corrected chi connectivity index (χ0v) is 77.5. The highest BCUT2D eigenvalue weighted by Gasteiger charge is 2.53. The van der Waals surface area contributed by atoms with Gasteiger partial charge in [0.2, 0.25) is 11.7 Å². The lowest BCUT2D eigenvalue weighted by atomic mass is 9.78. The Morgan fingerprint density at radius 2 is 1.44 bits per heavy atom. The number of anilines is 1. The quantitative estimate of drug-likeness (QED) is 0.00895. The van der Waals surface area contributed by atoms with E-state index < -0.39 is 71.7 Å². The second-order valence-electron chi connectivity index (χ2n) is 34.9. The van der Waals surface area contributed by atoms with Crippen molar-refractivity contribution in [2.24, 2.45) is 35.5 Å². The number of furan rings is 1. The SMILES string of the molecule is CO[C@@H]1C[C@H](C[C@@H](C)[C@@H]2CC(=O)[C@H](C)/C=C(\C)[C@@H](O)[C@@H](OC)C(=O)[C@H](C)C[C@H](C)/C=C/C=C/C=C(\C)[C@@H](c3ccco3)C[C@@H]3CC[C@@H](C)[C@@](O)(O3)C(=O)C(=O)N3CCCC[C@H]3C(=O)O2)CC[C@H]1OCCCCc1cn(CCOCCOCCOCCOCCOCCOCCOCCOCCC(=O)NCCCCn2nc(-c3cc4cc(O)ccc4[nH]3)c3c(N)ncnc32)nn1. The number of cyclic esters (lactones) is 1. The minimum atomic E-state index is -2.48. The summed E-state index contributed by atoms with van der Waals surface area (Å²) in [6, 6.07) is 9.50. The first-order valence-corrected chi connectivity index (χ1v) is 46.6. The van der Waals surface area contributed by atoms with E-state index in [-0.39, 0.29) is 91.5 Å². The molecule has 8 heterocycles. The molecule has 15 atom stereocenters. The molecular formula is C96H141N11O23. The Morgan fingerprint density at radius 3 is 2.12 bits per heavy atom. The molecular weight excluding hydrogens is 1680 g/mol. The van der Waals surface area contributed by atoms with Gasteiger partial charge < -0.3 is 102 Å². The van der Waals surface area contributed by atoms with Crippen LogP contribution in [0.25, 0.3) is 33.3 Å². The third-order valence-corrected chi connectivity index (χ3v) is 24.9. The second kappa shape index (κ2) is 54.4. The summed E-state index contributed by atoms with van der Waals surface area (Å²) >= 11 is 0. The van der Waals surface area contributed by atoms with Crippen LogP contribution in [-0.2, 0) is 110 Å². The van der Waals surface area contributed by atoms with Gasteiger partial charge in [-0.15, -0.1) is 5.10 Å². The van der Waals surface area contributed by atoms with E-state index in [0.717, 1.165) is 72.8 Å². The molecule has 2 saturated heterocycles. The molecule has 7 N–H and O–H groups in total. The van der Waals surface area contributed by atoms with E-state index in [0.29, 0.717) is 211 Å². The molecule has 6 aromatic rings. The maximum atomic E-state index is 14.9. The van der Waals surface area contributed by atoms with Crippen molar-refractivity contribution in [2.45, 2.75) is 232 Å². The number of aliphatic hydroxyl groups excluding tert-OH is 1. The molecule has 718 valence electrons.